The van der Waals surface area contributed by atoms with Gasteiger partial charge in [0.2, 0.25) is 0 Å². The first-order chi connectivity index (χ1) is 9.52. The van der Waals surface area contributed by atoms with E-state index < -0.39 is 4.92 Å². The van der Waals surface area contributed by atoms with Crippen molar-refractivity contribution < 1.29 is 14.9 Å². The van der Waals surface area contributed by atoms with Crippen LogP contribution in [0.3, 0.4) is 0 Å². The van der Waals surface area contributed by atoms with Crippen LogP contribution in [-0.4, -0.2) is 41.8 Å². The fourth-order valence-electron chi connectivity index (χ4n) is 2.19. The van der Waals surface area contributed by atoms with Gasteiger partial charge in [-0.2, -0.15) is 0 Å². The molecule has 2 rings (SSSR count). The van der Waals surface area contributed by atoms with E-state index in [2.05, 4.69) is 5.16 Å². The Morgan fingerprint density at radius 1 is 1.65 bits per heavy atom. The molecule has 0 aliphatic carbocycles. The molecule has 0 amide bonds. The van der Waals surface area contributed by atoms with Crippen molar-refractivity contribution in [1.29, 1.82) is 0 Å². The summed E-state index contributed by atoms with van der Waals surface area (Å²) in [6.45, 7) is 3.63. The number of rotatable bonds is 3. The monoisotopic (exact) mass is 280 g/mol. The van der Waals surface area contributed by atoms with Crippen molar-refractivity contribution >= 4 is 17.2 Å². The Morgan fingerprint density at radius 3 is 3.00 bits per heavy atom. The lowest BCUT2D eigenvalue weighted by molar-refractivity contribution is -0.384. The molecule has 8 heteroatoms. The lowest BCUT2D eigenvalue weighted by Crippen LogP contribution is -2.41. The molecule has 20 heavy (non-hydrogen) atoms. The predicted molar refractivity (Wildman–Crippen MR) is 73.2 cm³/mol. The molecule has 8 nitrogen and oxygen atoms in total. The molecule has 1 aromatic carbocycles. The number of nitro groups is 1. The molecule has 0 saturated carbocycles. The van der Waals surface area contributed by atoms with Gasteiger partial charge in [0.15, 0.2) is 5.84 Å². The first-order valence-electron chi connectivity index (χ1n) is 6.16. The van der Waals surface area contributed by atoms with Crippen molar-refractivity contribution in [2.24, 2.45) is 10.9 Å². The van der Waals surface area contributed by atoms with Crippen molar-refractivity contribution in [3.63, 3.8) is 0 Å². The van der Waals surface area contributed by atoms with Crippen LogP contribution in [-0.2, 0) is 4.74 Å². The normalized spacial score (nSPS) is 19.9. The highest BCUT2D eigenvalue weighted by atomic mass is 16.6. The van der Waals surface area contributed by atoms with E-state index in [-0.39, 0.29) is 17.6 Å². The van der Waals surface area contributed by atoms with Gasteiger partial charge < -0.3 is 20.6 Å². The maximum absolute atomic E-state index is 11.2. The van der Waals surface area contributed by atoms with Gasteiger partial charge in [-0.3, -0.25) is 10.1 Å². The van der Waals surface area contributed by atoms with Gasteiger partial charge in [-0.25, -0.2) is 0 Å². The van der Waals surface area contributed by atoms with Gasteiger partial charge in [-0.15, -0.1) is 0 Å². The number of hydrogen-bond donors (Lipinski definition) is 2. The second kappa shape index (κ2) is 5.74. The summed E-state index contributed by atoms with van der Waals surface area (Å²) >= 11 is 0. The summed E-state index contributed by atoms with van der Waals surface area (Å²) in [5.74, 6) is -0.157. The van der Waals surface area contributed by atoms with E-state index in [1.165, 1.54) is 6.07 Å². The minimum Gasteiger partial charge on any atom is -0.409 e. The average molecular weight is 280 g/mol. The number of nitro benzene ring substituents is 1. The van der Waals surface area contributed by atoms with Crippen LogP contribution in [0.15, 0.2) is 23.4 Å². The molecule has 3 N–H and O–H groups in total. The number of ether oxygens (including phenoxy) is 1. The molecule has 1 unspecified atom stereocenters. The van der Waals surface area contributed by atoms with E-state index in [1.54, 1.807) is 12.1 Å². The lowest BCUT2D eigenvalue weighted by atomic mass is 10.1. The summed E-state index contributed by atoms with van der Waals surface area (Å²) in [6, 6.07) is 4.52. The van der Waals surface area contributed by atoms with Crippen LogP contribution in [0.1, 0.15) is 12.5 Å². The minimum atomic E-state index is -0.469. The van der Waals surface area contributed by atoms with E-state index in [9.17, 15) is 10.1 Å². The Morgan fingerprint density at radius 2 is 2.40 bits per heavy atom. The van der Waals surface area contributed by atoms with Crippen molar-refractivity contribution in [1.82, 2.24) is 0 Å². The zero-order valence-electron chi connectivity index (χ0n) is 11.0. The molecule has 1 fully saturated rings. The summed E-state index contributed by atoms with van der Waals surface area (Å²) < 4.78 is 5.43. The molecule has 1 atom stereocenters. The molecule has 108 valence electrons. The highest BCUT2D eigenvalue weighted by molar-refractivity contribution is 5.98. The second-order valence-corrected chi connectivity index (χ2v) is 4.57. The molecule has 0 radical (unpaired) electrons. The van der Waals surface area contributed by atoms with E-state index in [0.717, 1.165) is 0 Å². The smallest absolute Gasteiger partial charge is 0.293 e. The van der Waals surface area contributed by atoms with Crippen LogP contribution in [0.25, 0.3) is 0 Å². The van der Waals surface area contributed by atoms with Gasteiger partial charge in [0.25, 0.3) is 5.69 Å². The van der Waals surface area contributed by atoms with Gasteiger partial charge in [0.05, 0.1) is 17.6 Å². The number of morpholine rings is 1. The summed E-state index contributed by atoms with van der Waals surface area (Å²) in [4.78, 5) is 12.7. The molecule has 1 heterocycles. The molecule has 1 aliphatic heterocycles. The SMILES string of the molecule is CC1CN(c2ccc(C(N)=NO)cc2[N+](=O)[O-])CCO1. The van der Waals surface area contributed by atoms with Gasteiger partial charge in [0, 0.05) is 24.7 Å². The van der Waals surface area contributed by atoms with Crippen LogP contribution in [0.5, 0.6) is 0 Å². The number of hydrogen-bond acceptors (Lipinski definition) is 6. The summed E-state index contributed by atoms with van der Waals surface area (Å²) in [7, 11) is 0. The second-order valence-electron chi connectivity index (χ2n) is 4.57. The van der Waals surface area contributed by atoms with Gasteiger partial charge in [0.1, 0.15) is 5.69 Å². The third-order valence-corrected chi connectivity index (χ3v) is 3.16. The van der Waals surface area contributed by atoms with Gasteiger partial charge in [-0.1, -0.05) is 5.16 Å². The van der Waals surface area contributed by atoms with Crippen LogP contribution in [0, 0.1) is 10.1 Å². The van der Waals surface area contributed by atoms with E-state index >= 15 is 0 Å². The summed E-state index contributed by atoms with van der Waals surface area (Å²) in [6.07, 6.45) is 0.0205. The molecular formula is C12H16N4O4. The van der Waals surface area contributed by atoms with Crippen LogP contribution in [0.4, 0.5) is 11.4 Å². The van der Waals surface area contributed by atoms with Crippen molar-refractivity contribution in [3.8, 4) is 0 Å². The Bertz CT molecular complexity index is 546. The number of oxime groups is 1. The maximum atomic E-state index is 11.2. The first kappa shape index (κ1) is 14.1. The molecule has 1 aromatic rings. The third kappa shape index (κ3) is 2.80. The number of amidine groups is 1. The largest absolute Gasteiger partial charge is 0.409 e. The highest BCUT2D eigenvalue weighted by Gasteiger charge is 2.24. The lowest BCUT2D eigenvalue weighted by Gasteiger charge is -2.32. The molecule has 1 aliphatic rings. The molecule has 0 aromatic heterocycles. The number of benzene rings is 1. The Hall–Kier alpha value is -2.35. The van der Waals surface area contributed by atoms with Gasteiger partial charge in [-0.05, 0) is 19.1 Å². The number of anilines is 1. The van der Waals surface area contributed by atoms with E-state index in [0.29, 0.717) is 30.9 Å². The van der Waals surface area contributed by atoms with Crippen LogP contribution < -0.4 is 10.6 Å². The summed E-state index contributed by atoms with van der Waals surface area (Å²) in [5, 5.41) is 22.7. The predicted octanol–water partition coefficient (Wildman–Crippen LogP) is 0.914. The highest BCUT2D eigenvalue weighted by Crippen LogP contribution is 2.30. The molecular weight excluding hydrogens is 264 g/mol. The van der Waals surface area contributed by atoms with Crippen molar-refractivity contribution in [3.05, 3.63) is 33.9 Å². The number of nitrogens with two attached hydrogens (primary N) is 1. The van der Waals surface area contributed by atoms with Crippen LogP contribution >= 0.6 is 0 Å². The number of nitrogens with zero attached hydrogens (tertiary/aromatic N) is 3. The zero-order chi connectivity index (χ0) is 14.7. The van der Waals surface area contributed by atoms with Gasteiger partial charge >= 0.3 is 0 Å². The van der Waals surface area contributed by atoms with E-state index in [1.807, 2.05) is 11.8 Å². The minimum absolute atomic E-state index is 0.0205. The molecule has 1 saturated heterocycles. The standard InChI is InChI=1S/C12H16N4O4/c1-8-7-15(4-5-20-8)10-3-2-9(12(13)14-17)6-11(10)16(18)19/h2-3,6,8,17H,4-5,7H2,1H3,(H2,13,14). The Labute approximate surface area is 115 Å². The molecule has 0 spiro atoms. The summed E-state index contributed by atoms with van der Waals surface area (Å²) in [5.41, 5.74) is 6.21. The zero-order valence-corrected chi connectivity index (χ0v) is 11.0. The fraction of sp³-hybridized carbons (Fsp3) is 0.417. The Kier molecular flexibility index (Phi) is 4.04. The average Bonchev–Trinajstić information content (AvgIpc) is 2.45. The fourth-order valence-corrected chi connectivity index (χ4v) is 2.19. The maximum Gasteiger partial charge on any atom is 0.293 e. The first-order valence-corrected chi connectivity index (χ1v) is 6.16. The quantitative estimate of drug-likeness (QED) is 0.280. The topological polar surface area (TPSA) is 114 Å². The van der Waals surface area contributed by atoms with Crippen LogP contribution in [0.2, 0.25) is 0 Å². The van der Waals surface area contributed by atoms with Crippen molar-refractivity contribution in [2.75, 3.05) is 24.6 Å². The molecule has 0 bridgehead atoms. The third-order valence-electron chi connectivity index (χ3n) is 3.16. The van der Waals surface area contributed by atoms with E-state index in [4.69, 9.17) is 15.7 Å². The van der Waals surface area contributed by atoms with Crippen molar-refractivity contribution in [2.45, 2.75) is 13.0 Å². The Balaban J connectivity index is 2.40.